The SMILES string of the molecule is C=C(C)C(=O)OCC(C)CCC1OC1C. The lowest BCUT2D eigenvalue weighted by molar-refractivity contribution is -0.140. The topological polar surface area (TPSA) is 38.8 Å². The van der Waals surface area contributed by atoms with E-state index in [1.807, 2.05) is 0 Å². The summed E-state index contributed by atoms with van der Waals surface area (Å²) in [6.45, 7) is 9.83. The van der Waals surface area contributed by atoms with Gasteiger partial charge in [-0.1, -0.05) is 13.5 Å². The van der Waals surface area contributed by atoms with Gasteiger partial charge in [-0.15, -0.1) is 0 Å². The number of hydrogen-bond acceptors (Lipinski definition) is 3. The van der Waals surface area contributed by atoms with Crippen molar-refractivity contribution < 1.29 is 14.3 Å². The van der Waals surface area contributed by atoms with Gasteiger partial charge >= 0.3 is 5.97 Å². The minimum absolute atomic E-state index is 0.294. The minimum Gasteiger partial charge on any atom is -0.462 e. The van der Waals surface area contributed by atoms with Crippen LogP contribution in [0.2, 0.25) is 0 Å². The van der Waals surface area contributed by atoms with Gasteiger partial charge in [0.2, 0.25) is 0 Å². The lowest BCUT2D eigenvalue weighted by Crippen LogP contribution is -2.12. The average Bonchev–Trinajstić information content (AvgIpc) is 2.87. The quantitative estimate of drug-likeness (QED) is 0.385. The third-order valence-electron chi connectivity index (χ3n) is 2.63. The van der Waals surface area contributed by atoms with Gasteiger partial charge in [-0.2, -0.15) is 0 Å². The van der Waals surface area contributed by atoms with Crippen molar-refractivity contribution >= 4 is 5.97 Å². The van der Waals surface area contributed by atoms with E-state index in [1.165, 1.54) is 0 Å². The Morgan fingerprint density at radius 1 is 1.60 bits per heavy atom. The first-order valence-electron chi connectivity index (χ1n) is 5.48. The zero-order valence-corrected chi connectivity index (χ0v) is 9.79. The maximum absolute atomic E-state index is 11.1. The van der Waals surface area contributed by atoms with Crippen LogP contribution in [0.5, 0.6) is 0 Å². The number of epoxide rings is 1. The van der Waals surface area contributed by atoms with Crippen LogP contribution in [0.3, 0.4) is 0 Å². The number of hydrogen-bond donors (Lipinski definition) is 0. The molecule has 1 rings (SSSR count). The maximum atomic E-state index is 11.1. The normalized spacial score (nSPS) is 25.8. The first-order valence-corrected chi connectivity index (χ1v) is 5.48. The number of rotatable bonds is 6. The van der Waals surface area contributed by atoms with Gasteiger partial charge in [0.15, 0.2) is 0 Å². The van der Waals surface area contributed by atoms with Crippen LogP contribution in [0.25, 0.3) is 0 Å². The fourth-order valence-electron chi connectivity index (χ4n) is 1.41. The lowest BCUT2D eigenvalue weighted by atomic mass is 10.0. The van der Waals surface area contributed by atoms with Gasteiger partial charge in [0, 0.05) is 5.57 Å². The summed E-state index contributed by atoms with van der Waals surface area (Å²) in [5.74, 6) is 0.0996. The molecule has 3 atom stereocenters. The second-order valence-corrected chi connectivity index (χ2v) is 4.44. The Hall–Kier alpha value is -0.830. The van der Waals surface area contributed by atoms with Crippen LogP contribution in [-0.4, -0.2) is 24.8 Å². The Morgan fingerprint density at radius 2 is 2.20 bits per heavy atom. The third kappa shape index (κ3) is 4.47. The predicted octanol–water partition coefficient (Wildman–Crippen LogP) is 2.31. The Bertz CT molecular complexity index is 247. The van der Waals surface area contributed by atoms with Crippen molar-refractivity contribution in [1.29, 1.82) is 0 Å². The summed E-state index contributed by atoms with van der Waals surface area (Å²) in [5, 5.41) is 0. The van der Waals surface area contributed by atoms with Gasteiger partial charge in [-0.05, 0) is 32.6 Å². The summed E-state index contributed by atoms with van der Waals surface area (Å²) in [4.78, 5) is 11.1. The van der Waals surface area contributed by atoms with Crippen LogP contribution in [0.1, 0.15) is 33.6 Å². The minimum atomic E-state index is -0.294. The molecule has 0 aromatic carbocycles. The number of ether oxygens (including phenoxy) is 2. The molecule has 0 N–H and O–H groups in total. The predicted molar refractivity (Wildman–Crippen MR) is 58.5 cm³/mol. The molecule has 3 nitrogen and oxygen atoms in total. The Balaban J connectivity index is 2.05. The van der Waals surface area contributed by atoms with E-state index < -0.39 is 0 Å². The summed E-state index contributed by atoms with van der Waals surface area (Å²) < 4.78 is 10.4. The van der Waals surface area contributed by atoms with Gasteiger partial charge < -0.3 is 9.47 Å². The highest BCUT2D eigenvalue weighted by Crippen LogP contribution is 2.27. The molecule has 0 amide bonds. The molecule has 1 aliphatic heterocycles. The highest BCUT2D eigenvalue weighted by molar-refractivity contribution is 5.86. The molecule has 1 aliphatic rings. The summed E-state index contributed by atoms with van der Waals surface area (Å²) in [6, 6.07) is 0. The molecule has 0 radical (unpaired) electrons. The van der Waals surface area contributed by atoms with Gasteiger partial charge in [0.1, 0.15) is 0 Å². The van der Waals surface area contributed by atoms with Gasteiger partial charge in [0.05, 0.1) is 18.8 Å². The van der Waals surface area contributed by atoms with Crippen LogP contribution in [0.15, 0.2) is 12.2 Å². The standard InChI is InChI=1S/C12H20O3/c1-8(2)12(13)14-7-9(3)5-6-11-10(4)15-11/h9-11H,1,5-7H2,2-4H3. The fraction of sp³-hybridized carbons (Fsp3) is 0.750. The van der Waals surface area contributed by atoms with Crippen LogP contribution in [0, 0.1) is 5.92 Å². The van der Waals surface area contributed by atoms with E-state index in [4.69, 9.17) is 9.47 Å². The van der Waals surface area contributed by atoms with E-state index in [0.717, 1.165) is 12.8 Å². The van der Waals surface area contributed by atoms with Crippen LogP contribution < -0.4 is 0 Å². The van der Waals surface area contributed by atoms with E-state index in [9.17, 15) is 4.79 Å². The molecule has 3 heteroatoms. The van der Waals surface area contributed by atoms with E-state index in [1.54, 1.807) is 6.92 Å². The van der Waals surface area contributed by atoms with Gasteiger partial charge in [-0.25, -0.2) is 4.79 Å². The van der Waals surface area contributed by atoms with Crippen molar-refractivity contribution in [2.24, 2.45) is 5.92 Å². The van der Waals surface area contributed by atoms with Crippen LogP contribution in [-0.2, 0) is 14.3 Å². The largest absolute Gasteiger partial charge is 0.462 e. The molecule has 1 saturated heterocycles. The molecule has 0 aromatic heterocycles. The monoisotopic (exact) mass is 212 g/mol. The summed E-state index contributed by atoms with van der Waals surface area (Å²) in [5.41, 5.74) is 0.460. The summed E-state index contributed by atoms with van der Waals surface area (Å²) >= 11 is 0. The van der Waals surface area contributed by atoms with Crippen molar-refractivity contribution in [1.82, 2.24) is 0 Å². The molecule has 0 spiro atoms. The van der Waals surface area contributed by atoms with Crippen LogP contribution in [0.4, 0.5) is 0 Å². The molecule has 86 valence electrons. The maximum Gasteiger partial charge on any atom is 0.333 e. The first-order chi connectivity index (χ1) is 7.00. The van der Waals surface area contributed by atoms with Gasteiger partial charge in [-0.3, -0.25) is 0 Å². The molecule has 15 heavy (non-hydrogen) atoms. The molecular weight excluding hydrogens is 192 g/mol. The van der Waals surface area contributed by atoms with E-state index in [2.05, 4.69) is 20.4 Å². The second kappa shape index (κ2) is 5.31. The molecule has 0 bridgehead atoms. The zero-order valence-electron chi connectivity index (χ0n) is 9.79. The molecule has 0 aromatic rings. The van der Waals surface area contributed by atoms with Gasteiger partial charge in [0.25, 0.3) is 0 Å². The zero-order chi connectivity index (χ0) is 11.4. The van der Waals surface area contributed by atoms with Crippen molar-refractivity contribution in [3.63, 3.8) is 0 Å². The number of carbonyl (C=O) groups is 1. The summed E-state index contributed by atoms with van der Waals surface area (Å²) in [6.07, 6.45) is 2.96. The molecule has 3 unspecified atom stereocenters. The van der Waals surface area contributed by atoms with Crippen molar-refractivity contribution in [3.05, 3.63) is 12.2 Å². The van der Waals surface area contributed by atoms with Crippen LogP contribution >= 0.6 is 0 Å². The summed E-state index contributed by atoms with van der Waals surface area (Å²) in [7, 11) is 0. The Kier molecular flexibility index (Phi) is 4.33. The van der Waals surface area contributed by atoms with E-state index in [-0.39, 0.29) is 5.97 Å². The first kappa shape index (κ1) is 12.2. The average molecular weight is 212 g/mol. The smallest absolute Gasteiger partial charge is 0.333 e. The second-order valence-electron chi connectivity index (χ2n) is 4.44. The number of carbonyl (C=O) groups excluding carboxylic acids is 1. The Morgan fingerprint density at radius 3 is 2.67 bits per heavy atom. The molecular formula is C12H20O3. The van der Waals surface area contributed by atoms with Crippen molar-refractivity contribution in [3.8, 4) is 0 Å². The molecule has 1 heterocycles. The fourth-order valence-corrected chi connectivity index (χ4v) is 1.41. The van der Waals surface area contributed by atoms with E-state index >= 15 is 0 Å². The molecule has 1 fully saturated rings. The third-order valence-corrected chi connectivity index (χ3v) is 2.63. The highest BCUT2D eigenvalue weighted by atomic mass is 16.6. The lowest BCUT2D eigenvalue weighted by Gasteiger charge is -2.11. The van der Waals surface area contributed by atoms with E-state index in [0.29, 0.717) is 30.3 Å². The molecule has 0 aliphatic carbocycles. The Labute approximate surface area is 91.4 Å². The highest BCUT2D eigenvalue weighted by Gasteiger charge is 2.33. The molecule has 0 saturated carbocycles. The number of esters is 1. The van der Waals surface area contributed by atoms with Crippen molar-refractivity contribution in [2.45, 2.75) is 45.8 Å². The van der Waals surface area contributed by atoms with Crippen molar-refractivity contribution in [2.75, 3.05) is 6.61 Å².